The van der Waals surface area contributed by atoms with Gasteiger partial charge in [0.05, 0.1) is 13.1 Å². The predicted molar refractivity (Wildman–Crippen MR) is 95.8 cm³/mol. The lowest BCUT2D eigenvalue weighted by Gasteiger charge is -2.38. The van der Waals surface area contributed by atoms with Crippen LogP contribution in [0.15, 0.2) is 0 Å². The molecule has 2 amide bonds. The number of carbonyl (C=O) groups is 2. The van der Waals surface area contributed by atoms with E-state index in [0.717, 1.165) is 45.6 Å². The number of amides is 2. The van der Waals surface area contributed by atoms with Crippen LogP contribution in [0, 0.1) is 0 Å². The SMILES string of the molecule is CC(C)N(C)C(=O)CN1CCN(CC(=O)N2CCCCC2C)CC1. The minimum absolute atomic E-state index is 0.177. The zero-order valence-corrected chi connectivity index (χ0v) is 15.8. The van der Waals surface area contributed by atoms with E-state index in [1.54, 1.807) is 4.90 Å². The molecular formula is C18H34N4O2. The van der Waals surface area contributed by atoms with Gasteiger partial charge in [-0.2, -0.15) is 0 Å². The number of carbonyl (C=O) groups excluding carboxylic acids is 2. The third-order valence-electron chi connectivity index (χ3n) is 5.47. The van der Waals surface area contributed by atoms with E-state index in [9.17, 15) is 9.59 Å². The molecule has 138 valence electrons. The molecule has 0 radical (unpaired) electrons. The number of nitrogens with zero attached hydrogens (tertiary/aromatic N) is 4. The monoisotopic (exact) mass is 338 g/mol. The largest absolute Gasteiger partial charge is 0.342 e. The number of likely N-dealkylation sites (tertiary alicyclic amines) is 1. The Kier molecular flexibility index (Phi) is 7.04. The van der Waals surface area contributed by atoms with Crippen LogP contribution >= 0.6 is 0 Å². The summed E-state index contributed by atoms with van der Waals surface area (Å²) in [4.78, 5) is 33.0. The first kappa shape index (κ1) is 19.2. The van der Waals surface area contributed by atoms with Gasteiger partial charge in [0.25, 0.3) is 0 Å². The predicted octanol–water partition coefficient (Wildman–Crippen LogP) is 0.872. The molecule has 1 atom stereocenters. The maximum atomic E-state index is 12.5. The van der Waals surface area contributed by atoms with Gasteiger partial charge in [-0.25, -0.2) is 0 Å². The smallest absolute Gasteiger partial charge is 0.236 e. The zero-order chi connectivity index (χ0) is 17.7. The molecule has 6 nitrogen and oxygen atoms in total. The first-order valence-corrected chi connectivity index (χ1v) is 9.38. The fraction of sp³-hybridized carbons (Fsp3) is 0.889. The second-order valence-corrected chi connectivity index (χ2v) is 7.58. The lowest BCUT2D eigenvalue weighted by atomic mass is 10.0. The Labute approximate surface area is 146 Å². The van der Waals surface area contributed by atoms with E-state index in [0.29, 0.717) is 19.1 Å². The van der Waals surface area contributed by atoms with Gasteiger partial charge in [0.2, 0.25) is 11.8 Å². The summed E-state index contributed by atoms with van der Waals surface area (Å²) in [6, 6.07) is 0.625. The molecule has 2 heterocycles. The van der Waals surface area contributed by atoms with Gasteiger partial charge in [-0.3, -0.25) is 19.4 Å². The molecule has 2 aliphatic heterocycles. The fourth-order valence-electron chi connectivity index (χ4n) is 3.45. The van der Waals surface area contributed by atoms with Gasteiger partial charge in [-0.15, -0.1) is 0 Å². The topological polar surface area (TPSA) is 47.1 Å². The van der Waals surface area contributed by atoms with Gasteiger partial charge in [-0.05, 0) is 40.0 Å². The lowest BCUT2D eigenvalue weighted by molar-refractivity contribution is -0.137. The first-order chi connectivity index (χ1) is 11.4. The van der Waals surface area contributed by atoms with E-state index in [1.807, 2.05) is 20.9 Å². The average molecular weight is 338 g/mol. The molecule has 0 bridgehead atoms. The molecule has 0 aromatic carbocycles. The van der Waals surface area contributed by atoms with Crippen molar-refractivity contribution in [2.45, 2.75) is 52.1 Å². The summed E-state index contributed by atoms with van der Waals surface area (Å²) in [5.74, 6) is 0.447. The van der Waals surface area contributed by atoms with Crippen molar-refractivity contribution in [3.05, 3.63) is 0 Å². The van der Waals surface area contributed by atoms with Gasteiger partial charge in [0, 0.05) is 51.9 Å². The minimum atomic E-state index is 0.177. The Morgan fingerprint density at radius 3 is 2.12 bits per heavy atom. The Bertz CT molecular complexity index is 433. The normalized spacial score (nSPS) is 23.5. The Morgan fingerprint density at radius 1 is 1.00 bits per heavy atom. The summed E-state index contributed by atoms with van der Waals surface area (Å²) in [7, 11) is 1.86. The summed E-state index contributed by atoms with van der Waals surface area (Å²) in [5.41, 5.74) is 0. The minimum Gasteiger partial charge on any atom is -0.342 e. The number of piperidine rings is 1. The van der Waals surface area contributed by atoms with Crippen LogP contribution < -0.4 is 0 Å². The van der Waals surface area contributed by atoms with E-state index in [2.05, 4.69) is 21.6 Å². The Hall–Kier alpha value is -1.14. The number of hydrogen-bond donors (Lipinski definition) is 0. The van der Waals surface area contributed by atoms with E-state index < -0.39 is 0 Å². The van der Waals surface area contributed by atoms with Crippen LogP contribution in [0.2, 0.25) is 0 Å². The third-order valence-corrected chi connectivity index (χ3v) is 5.47. The lowest BCUT2D eigenvalue weighted by Crippen LogP contribution is -2.53. The van der Waals surface area contributed by atoms with Crippen LogP contribution in [0.5, 0.6) is 0 Å². The van der Waals surface area contributed by atoms with Crippen molar-refractivity contribution in [2.75, 3.05) is 52.9 Å². The molecular weight excluding hydrogens is 304 g/mol. The summed E-state index contributed by atoms with van der Waals surface area (Å²) >= 11 is 0. The van der Waals surface area contributed by atoms with Crippen molar-refractivity contribution >= 4 is 11.8 Å². The Morgan fingerprint density at radius 2 is 1.58 bits per heavy atom. The molecule has 0 spiro atoms. The molecule has 1 unspecified atom stereocenters. The van der Waals surface area contributed by atoms with Crippen molar-refractivity contribution in [3.63, 3.8) is 0 Å². The van der Waals surface area contributed by atoms with Crippen molar-refractivity contribution in [3.8, 4) is 0 Å². The summed E-state index contributed by atoms with van der Waals surface area (Å²) in [6.07, 6.45) is 3.50. The van der Waals surface area contributed by atoms with E-state index in [4.69, 9.17) is 0 Å². The molecule has 2 aliphatic rings. The molecule has 0 N–H and O–H groups in total. The van der Waals surface area contributed by atoms with Crippen LogP contribution in [0.25, 0.3) is 0 Å². The van der Waals surface area contributed by atoms with Gasteiger partial charge in [0.1, 0.15) is 0 Å². The average Bonchev–Trinajstić information content (AvgIpc) is 2.56. The van der Waals surface area contributed by atoms with Crippen molar-refractivity contribution < 1.29 is 9.59 Å². The molecule has 0 aromatic rings. The van der Waals surface area contributed by atoms with Gasteiger partial charge in [0.15, 0.2) is 0 Å². The maximum Gasteiger partial charge on any atom is 0.236 e. The molecule has 24 heavy (non-hydrogen) atoms. The number of likely N-dealkylation sites (N-methyl/N-ethyl adjacent to an activating group) is 1. The second kappa shape index (κ2) is 8.81. The Balaban J connectivity index is 1.72. The highest BCUT2D eigenvalue weighted by Crippen LogP contribution is 2.17. The highest BCUT2D eigenvalue weighted by atomic mass is 16.2. The summed E-state index contributed by atoms with van der Waals surface area (Å²) in [6.45, 7) is 11.6. The number of hydrogen-bond acceptors (Lipinski definition) is 4. The van der Waals surface area contributed by atoms with Crippen LogP contribution in [0.4, 0.5) is 0 Å². The molecule has 0 aliphatic carbocycles. The number of piperazine rings is 1. The standard InChI is InChI=1S/C18H34N4O2/c1-15(2)19(4)17(23)13-20-9-11-21(12-10-20)14-18(24)22-8-6-5-7-16(22)3/h15-16H,5-14H2,1-4H3. The molecule has 2 fully saturated rings. The fourth-order valence-corrected chi connectivity index (χ4v) is 3.45. The van der Waals surface area contributed by atoms with Crippen LogP contribution in [-0.2, 0) is 9.59 Å². The van der Waals surface area contributed by atoms with Crippen molar-refractivity contribution in [2.24, 2.45) is 0 Å². The van der Waals surface area contributed by atoms with E-state index in [1.165, 1.54) is 6.42 Å². The molecule has 2 rings (SSSR count). The maximum absolute atomic E-state index is 12.5. The second-order valence-electron chi connectivity index (χ2n) is 7.58. The molecule has 0 saturated carbocycles. The zero-order valence-electron chi connectivity index (χ0n) is 15.8. The summed E-state index contributed by atoms with van der Waals surface area (Å²) < 4.78 is 0. The van der Waals surface area contributed by atoms with Gasteiger partial charge >= 0.3 is 0 Å². The quantitative estimate of drug-likeness (QED) is 0.746. The van der Waals surface area contributed by atoms with Gasteiger partial charge in [-0.1, -0.05) is 0 Å². The summed E-state index contributed by atoms with van der Waals surface area (Å²) in [5, 5.41) is 0. The third kappa shape index (κ3) is 5.18. The van der Waals surface area contributed by atoms with Crippen LogP contribution in [-0.4, -0.2) is 96.4 Å². The highest BCUT2D eigenvalue weighted by Gasteiger charge is 2.27. The number of rotatable bonds is 5. The molecule has 6 heteroatoms. The van der Waals surface area contributed by atoms with Crippen molar-refractivity contribution in [1.29, 1.82) is 0 Å². The molecule has 0 aromatic heterocycles. The van der Waals surface area contributed by atoms with E-state index >= 15 is 0 Å². The van der Waals surface area contributed by atoms with Crippen molar-refractivity contribution in [1.82, 2.24) is 19.6 Å². The van der Waals surface area contributed by atoms with Crippen LogP contribution in [0.3, 0.4) is 0 Å². The van der Waals surface area contributed by atoms with Crippen LogP contribution in [0.1, 0.15) is 40.0 Å². The first-order valence-electron chi connectivity index (χ1n) is 9.38. The van der Waals surface area contributed by atoms with Gasteiger partial charge < -0.3 is 9.80 Å². The van der Waals surface area contributed by atoms with E-state index in [-0.39, 0.29) is 17.9 Å². The molecule has 2 saturated heterocycles. The highest BCUT2D eigenvalue weighted by molar-refractivity contribution is 5.79.